The van der Waals surface area contributed by atoms with Crippen molar-refractivity contribution >= 4 is 17.3 Å². The van der Waals surface area contributed by atoms with Gasteiger partial charge in [-0.1, -0.05) is 0 Å². The molecule has 8 nitrogen and oxygen atoms in total. The molecule has 1 rings (SSSR count). The maximum absolute atomic E-state index is 11.4. The van der Waals surface area contributed by atoms with E-state index in [1.807, 2.05) is 0 Å². The monoisotopic (exact) mass is 284 g/mol. The van der Waals surface area contributed by atoms with Crippen LogP contribution in [0, 0.1) is 17.0 Å². The number of aliphatic hydroxyl groups is 2. The van der Waals surface area contributed by atoms with Crippen molar-refractivity contribution in [1.29, 1.82) is 0 Å². The number of anilines is 1. The highest BCUT2D eigenvalue weighted by Gasteiger charge is 2.30. The Bertz CT molecular complexity index is 531. The van der Waals surface area contributed by atoms with Crippen LogP contribution in [0.4, 0.5) is 11.4 Å². The minimum absolute atomic E-state index is 0.0338. The second-order valence-electron chi connectivity index (χ2n) is 4.16. The van der Waals surface area contributed by atoms with Crippen molar-refractivity contribution in [2.24, 2.45) is 0 Å². The quantitative estimate of drug-likeness (QED) is 0.309. The van der Waals surface area contributed by atoms with Crippen LogP contribution in [0.3, 0.4) is 0 Å². The summed E-state index contributed by atoms with van der Waals surface area (Å²) in [5.41, 5.74) is 5.78. The SMILES string of the molecule is CCOC(=O)C(O)C(O)c1cc([N+](=O)[O-])cc(C)c1N. The van der Waals surface area contributed by atoms with E-state index in [1.54, 1.807) is 6.92 Å². The van der Waals surface area contributed by atoms with Gasteiger partial charge in [0.1, 0.15) is 6.10 Å². The van der Waals surface area contributed by atoms with E-state index in [1.165, 1.54) is 13.0 Å². The number of benzene rings is 1. The third-order valence-electron chi connectivity index (χ3n) is 2.76. The molecule has 0 spiro atoms. The van der Waals surface area contributed by atoms with Gasteiger partial charge in [-0.05, 0) is 19.4 Å². The number of nitrogens with zero attached hydrogens (tertiary/aromatic N) is 1. The van der Waals surface area contributed by atoms with Gasteiger partial charge >= 0.3 is 5.97 Å². The fraction of sp³-hybridized carbons (Fsp3) is 0.417. The number of aryl methyl sites for hydroxylation is 1. The molecule has 0 aliphatic carbocycles. The summed E-state index contributed by atoms with van der Waals surface area (Å²) in [6, 6.07) is 2.26. The molecule has 8 heteroatoms. The second kappa shape index (κ2) is 6.31. The van der Waals surface area contributed by atoms with E-state index < -0.39 is 23.1 Å². The summed E-state index contributed by atoms with van der Waals surface area (Å²) < 4.78 is 4.57. The van der Waals surface area contributed by atoms with Crippen LogP contribution in [-0.2, 0) is 9.53 Å². The van der Waals surface area contributed by atoms with Gasteiger partial charge in [0.25, 0.3) is 5.69 Å². The lowest BCUT2D eigenvalue weighted by Crippen LogP contribution is -2.30. The third-order valence-corrected chi connectivity index (χ3v) is 2.76. The average molecular weight is 284 g/mol. The summed E-state index contributed by atoms with van der Waals surface area (Å²) in [4.78, 5) is 21.5. The number of carbonyl (C=O) groups is 1. The Morgan fingerprint density at radius 3 is 2.60 bits per heavy atom. The Balaban J connectivity index is 3.17. The smallest absolute Gasteiger partial charge is 0.338 e. The Hall–Kier alpha value is -2.19. The third kappa shape index (κ3) is 3.22. The summed E-state index contributed by atoms with van der Waals surface area (Å²) in [5, 5.41) is 30.4. The first-order valence-corrected chi connectivity index (χ1v) is 5.86. The number of hydrogen-bond acceptors (Lipinski definition) is 7. The predicted molar refractivity (Wildman–Crippen MR) is 69.8 cm³/mol. The number of carbonyl (C=O) groups excluding carboxylic acids is 1. The number of aliphatic hydroxyl groups excluding tert-OH is 2. The molecule has 0 radical (unpaired) electrons. The van der Waals surface area contributed by atoms with Gasteiger partial charge in [0.05, 0.1) is 11.5 Å². The Morgan fingerprint density at radius 1 is 1.50 bits per heavy atom. The molecule has 0 saturated heterocycles. The minimum atomic E-state index is -1.86. The zero-order valence-corrected chi connectivity index (χ0v) is 11.1. The van der Waals surface area contributed by atoms with E-state index in [9.17, 15) is 25.1 Å². The Morgan fingerprint density at radius 2 is 2.10 bits per heavy atom. The molecular weight excluding hydrogens is 268 g/mol. The standard InChI is InChI=1S/C12H16N2O6/c1-3-20-12(17)11(16)10(15)8-5-7(14(18)19)4-6(2)9(8)13/h4-5,10-11,15-16H,3,13H2,1-2H3. The first kappa shape index (κ1) is 15.9. The zero-order valence-electron chi connectivity index (χ0n) is 11.1. The van der Waals surface area contributed by atoms with E-state index >= 15 is 0 Å². The highest BCUT2D eigenvalue weighted by Crippen LogP contribution is 2.30. The molecule has 20 heavy (non-hydrogen) atoms. The highest BCUT2D eigenvalue weighted by atomic mass is 16.6. The van der Waals surface area contributed by atoms with Crippen LogP contribution >= 0.6 is 0 Å². The molecule has 0 amide bonds. The normalized spacial score (nSPS) is 13.6. The summed E-state index contributed by atoms with van der Waals surface area (Å²) in [6.07, 6.45) is -3.56. The molecule has 110 valence electrons. The molecule has 2 unspecified atom stereocenters. The van der Waals surface area contributed by atoms with E-state index in [0.717, 1.165) is 6.07 Å². The van der Waals surface area contributed by atoms with Crippen molar-refractivity contribution in [1.82, 2.24) is 0 Å². The first-order chi connectivity index (χ1) is 9.29. The molecule has 0 saturated carbocycles. The van der Waals surface area contributed by atoms with Gasteiger partial charge in [-0.3, -0.25) is 10.1 Å². The fourth-order valence-corrected chi connectivity index (χ4v) is 1.68. The van der Waals surface area contributed by atoms with Crippen LogP contribution in [0.2, 0.25) is 0 Å². The van der Waals surface area contributed by atoms with Crippen LogP contribution < -0.4 is 5.73 Å². The van der Waals surface area contributed by atoms with Gasteiger partial charge in [-0.15, -0.1) is 0 Å². The number of ether oxygens (including phenoxy) is 1. The molecule has 0 aliphatic heterocycles. The maximum Gasteiger partial charge on any atom is 0.338 e. The van der Waals surface area contributed by atoms with Gasteiger partial charge in [0, 0.05) is 23.4 Å². The van der Waals surface area contributed by atoms with Gasteiger partial charge in [0.15, 0.2) is 6.10 Å². The molecular formula is C12H16N2O6. The number of nitro benzene ring substituents is 1. The predicted octanol–water partition coefficient (Wildman–Crippen LogP) is 0.443. The minimum Gasteiger partial charge on any atom is -0.464 e. The van der Waals surface area contributed by atoms with Crippen LogP contribution in [0.25, 0.3) is 0 Å². The van der Waals surface area contributed by atoms with Gasteiger partial charge in [0.2, 0.25) is 0 Å². The van der Waals surface area contributed by atoms with E-state index in [0.29, 0.717) is 5.56 Å². The Kier molecular flexibility index (Phi) is 5.00. The first-order valence-electron chi connectivity index (χ1n) is 5.86. The summed E-state index contributed by atoms with van der Waals surface area (Å²) >= 11 is 0. The van der Waals surface area contributed by atoms with Crippen molar-refractivity contribution in [2.45, 2.75) is 26.1 Å². The number of rotatable bonds is 5. The second-order valence-corrected chi connectivity index (χ2v) is 4.16. The van der Waals surface area contributed by atoms with Gasteiger partial charge in [-0.25, -0.2) is 4.79 Å². The van der Waals surface area contributed by atoms with E-state index in [2.05, 4.69) is 4.74 Å². The molecule has 0 aliphatic rings. The van der Waals surface area contributed by atoms with E-state index in [-0.39, 0.29) is 23.5 Å². The van der Waals surface area contributed by atoms with Gasteiger partial charge < -0.3 is 20.7 Å². The number of nitrogens with two attached hydrogens (primary N) is 1. The van der Waals surface area contributed by atoms with Crippen LogP contribution in [0.15, 0.2) is 12.1 Å². The molecule has 2 atom stereocenters. The molecule has 0 bridgehead atoms. The number of nitro groups is 1. The van der Waals surface area contributed by atoms with E-state index in [4.69, 9.17) is 5.73 Å². The number of non-ortho nitro benzene ring substituents is 1. The van der Waals surface area contributed by atoms with Crippen molar-refractivity contribution in [3.8, 4) is 0 Å². The molecule has 0 fully saturated rings. The van der Waals surface area contributed by atoms with Crippen molar-refractivity contribution in [3.05, 3.63) is 33.4 Å². The van der Waals surface area contributed by atoms with Crippen molar-refractivity contribution in [3.63, 3.8) is 0 Å². The Labute approximate surface area is 114 Å². The lowest BCUT2D eigenvalue weighted by atomic mass is 9.99. The largest absolute Gasteiger partial charge is 0.464 e. The molecule has 1 aromatic rings. The molecule has 1 aromatic carbocycles. The fourth-order valence-electron chi connectivity index (χ4n) is 1.68. The van der Waals surface area contributed by atoms with Crippen molar-refractivity contribution < 1.29 is 24.7 Å². The van der Waals surface area contributed by atoms with Crippen LogP contribution in [0.1, 0.15) is 24.2 Å². The molecule has 0 aromatic heterocycles. The summed E-state index contributed by atoms with van der Waals surface area (Å²) in [5.74, 6) is -1.02. The van der Waals surface area contributed by atoms with Crippen LogP contribution in [-0.4, -0.2) is 33.8 Å². The van der Waals surface area contributed by atoms with Crippen molar-refractivity contribution in [2.75, 3.05) is 12.3 Å². The number of esters is 1. The molecule has 0 heterocycles. The lowest BCUT2D eigenvalue weighted by molar-refractivity contribution is -0.385. The molecule has 4 N–H and O–H groups in total. The number of nitrogen functional groups attached to an aromatic ring is 1. The zero-order chi connectivity index (χ0) is 15.4. The highest BCUT2D eigenvalue weighted by molar-refractivity contribution is 5.76. The maximum atomic E-state index is 11.4. The lowest BCUT2D eigenvalue weighted by Gasteiger charge is -2.19. The van der Waals surface area contributed by atoms with Crippen LogP contribution in [0.5, 0.6) is 0 Å². The van der Waals surface area contributed by atoms with Gasteiger partial charge in [-0.2, -0.15) is 0 Å². The number of hydrogen-bond donors (Lipinski definition) is 3. The average Bonchev–Trinajstić information content (AvgIpc) is 2.40. The summed E-state index contributed by atoms with van der Waals surface area (Å²) in [7, 11) is 0. The topological polar surface area (TPSA) is 136 Å². The summed E-state index contributed by atoms with van der Waals surface area (Å²) in [6.45, 7) is 3.10.